The maximum Gasteiger partial charge on any atom is 0.272 e. The lowest BCUT2D eigenvalue weighted by Gasteiger charge is -2.04. The van der Waals surface area contributed by atoms with Crippen molar-refractivity contribution in [1.29, 1.82) is 0 Å². The second-order valence-corrected chi connectivity index (χ2v) is 4.27. The summed E-state index contributed by atoms with van der Waals surface area (Å²) < 4.78 is 0. The zero-order chi connectivity index (χ0) is 13.7. The van der Waals surface area contributed by atoms with E-state index < -0.39 is 0 Å². The van der Waals surface area contributed by atoms with Crippen LogP contribution in [-0.4, -0.2) is 16.6 Å². The Labute approximate surface area is 116 Å². The van der Waals surface area contributed by atoms with Crippen molar-refractivity contribution >= 4 is 23.2 Å². The maximum absolute atomic E-state index is 11.9. The summed E-state index contributed by atoms with van der Waals surface area (Å²) in [4.78, 5) is 15.9. The molecular weight excluding hydrogens is 262 g/mol. The fraction of sp³-hybridized carbons (Fsp3) is 0.0714. The molecule has 19 heavy (non-hydrogen) atoms. The molecule has 1 aromatic heterocycles. The number of nitrogens with one attached hydrogen (secondary N) is 1. The van der Waals surface area contributed by atoms with Gasteiger partial charge < -0.3 is 0 Å². The Kier molecular flexibility index (Phi) is 4.26. The van der Waals surface area contributed by atoms with Crippen LogP contribution in [0.4, 0.5) is 0 Å². The maximum atomic E-state index is 11.9. The van der Waals surface area contributed by atoms with E-state index in [1.807, 2.05) is 12.1 Å². The second-order valence-electron chi connectivity index (χ2n) is 3.86. The Morgan fingerprint density at radius 2 is 2.05 bits per heavy atom. The Morgan fingerprint density at radius 3 is 2.74 bits per heavy atom. The molecule has 0 saturated carbocycles. The van der Waals surface area contributed by atoms with E-state index >= 15 is 0 Å². The highest BCUT2D eigenvalue weighted by Crippen LogP contribution is 2.14. The summed E-state index contributed by atoms with van der Waals surface area (Å²) in [6.07, 6.45) is 3.36. The zero-order valence-electron chi connectivity index (χ0n) is 10.3. The number of aromatic nitrogens is 1. The average Bonchev–Trinajstić information content (AvgIpc) is 2.46. The van der Waals surface area contributed by atoms with Gasteiger partial charge in [-0.15, -0.1) is 0 Å². The first-order valence-corrected chi connectivity index (χ1v) is 6.06. The molecule has 1 amide bonds. The highest BCUT2D eigenvalue weighted by molar-refractivity contribution is 6.33. The summed E-state index contributed by atoms with van der Waals surface area (Å²) in [5.74, 6) is -0.339. The van der Waals surface area contributed by atoms with Gasteiger partial charge in [0.2, 0.25) is 0 Å². The first kappa shape index (κ1) is 13.2. The molecule has 0 bridgehead atoms. The van der Waals surface area contributed by atoms with E-state index in [4.69, 9.17) is 11.6 Å². The minimum Gasteiger partial charge on any atom is -0.267 e. The Bertz CT molecular complexity index is 611. The lowest BCUT2D eigenvalue weighted by atomic mass is 10.2. The fourth-order valence-corrected chi connectivity index (χ4v) is 1.70. The summed E-state index contributed by atoms with van der Waals surface area (Å²) in [6.45, 7) is 1.80. The van der Waals surface area contributed by atoms with Crippen molar-refractivity contribution in [2.24, 2.45) is 5.10 Å². The molecule has 1 aromatic carbocycles. The molecule has 96 valence electrons. The predicted molar refractivity (Wildman–Crippen MR) is 75.4 cm³/mol. The van der Waals surface area contributed by atoms with Crippen LogP contribution in [0.15, 0.2) is 53.9 Å². The van der Waals surface area contributed by atoms with E-state index in [2.05, 4.69) is 15.5 Å². The molecule has 1 heterocycles. The largest absolute Gasteiger partial charge is 0.272 e. The van der Waals surface area contributed by atoms with Crippen LogP contribution >= 0.6 is 11.6 Å². The molecule has 0 aliphatic heterocycles. The van der Waals surface area contributed by atoms with Crippen molar-refractivity contribution in [3.8, 4) is 0 Å². The lowest BCUT2D eigenvalue weighted by Crippen LogP contribution is -2.19. The minimum atomic E-state index is -0.339. The summed E-state index contributed by atoms with van der Waals surface area (Å²) in [7, 11) is 0. The molecule has 5 heteroatoms. The number of nitrogens with zero attached hydrogens (tertiary/aromatic N) is 2. The topological polar surface area (TPSA) is 54.4 Å². The first-order valence-electron chi connectivity index (χ1n) is 5.68. The molecule has 0 saturated heterocycles. The van der Waals surface area contributed by atoms with E-state index in [1.165, 1.54) is 0 Å². The number of benzene rings is 1. The Hall–Kier alpha value is -2.20. The van der Waals surface area contributed by atoms with Crippen LogP contribution in [-0.2, 0) is 0 Å². The number of hydrazone groups is 1. The van der Waals surface area contributed by atoms with Gasteiger partial charge in [-0.25, -0.2) is 5.43 Å². The van der Waals surface area contributed by atoms with E-state index in [0.29, 0.717) is 16.3 Å². The van der Waals surface area contributed by atoms with Crippen LogP contribution < -0.4 is 5.43 Å². The highest BCUT2D eigenvalue weighted by atomic mass is 35.5. The third kappa shape index (κ3) is 3.39. The zero-order valence-corrected chi connectivity index (χ0v) is 11.1. The third-order valence-electron chi connectivity index (χ3n) is 2.52. The standard InChI is InChI=1S/C14H12ClN3O/c1-10(11-5-4-8-16-9-11)17-18-14(19)12-6-2-3-7-13(12)15/h2-9H,1H3,(H,18,19)/b17-10+. The molecule has 0 atom stereocenters. The summed E-state index contributed by atoms with van der Waals surface area (Å²) >= 11 is 5.93. The number of pyridine rings is 1. The lowest BCUT2D eigenvalue weighted by molar-refractivity contribution is 0.0955. The molecule has 0 unspecified atom stereocenters. The predicted octanol–water partition coefficient (Wildman–Crippen LogP) is 2.89. The van der Waals surface area contributed by atoms with Gasteiger partial charge >= 0.3 is 0 Å². The summed E-state index contributed by atoms with van der Waals surface area (Å²) in [6, 6.07) is 10.5. The SMILES string of the molecule is C/C(=N\NC(=O)c1ccccc1Cl)c1cccnc1. The van der Waals surface area contributed by atoms with Crippen LogP contribution in [0.2, 0.25) is 5.02 Å². The summed E-state index contributed by atoms with van der Waals surface area (Å²) in [5, 5.41) is 4.43. The molecule has 1 N–H and O–H groups in total. The number of halogens is 1. The molecular formula is C14H12ClN3O. The van der Waals surface area contributed by atoms with Gasteiger partial charge in [-0.05, 0) is 25.1 Å². The number of hydrogen-bond acceptors (Lipinski definition) is 3. The van der Waals surface area contributed by atoms with Gasteiger partial charge in [-0.2, -0.15) is 5.10 Å². The molecule has 0 aliphatic carbocycles. The van der Waals surface area contributed by atoms with E-state index in [1.54, 1.807) is 43.6 Å². The number of hydrogen-bond donors (Lipinski definition) is 1. The van der Waals surface area contributed by atoms with E-state index in [9.17, 15) is 4.79 Å². The fourth-order valence-electron chi connectivity index (χ4n) is 1.48. The van der Waals surface area contributed by atoms with Crippen molar-refractivity contribution in [1.82, 2.24) is 10.4 Å². The van der Waals surface area contributed by atoms with Gasteiger partial charge in [-0.1, -0.05) is 29.8 Å². The van der Waals surface area contributed by atoms with Crippen LogP contribution in [0, 0.1) is 0 Å². The summed E-state index contributed by atoms with van der Waals surface area (Å²) in [5.41, 5.74) is 4.39. The Morgan fingerprint density at radius 1 is 1.26 bits per heavy atom. The van der Waals surface area contributed by atoms with Crippen LogP contribution in [0.25, 0.3) is 0 Å². The number of rotatable bonds is 3. The number of carbonyl (C=O) groups excluding carboxylic acids is 1. The molecule has 4 nitrogen and oxygen atoms in total. The quantitative estimate of drug-likeness (QED) is 0.690. The van der Waals surface area contributed by atoms with Gasteiger partial charge in [-0.3, -0.25) is 9.78 Å². The average molecular weight is 274 g/mol. The molecule has 0 spiro atoms. The monoisotopic (exact) mass is 273 g/mol. The van der Waals surface area contributed by atoms with Crippen molar-refractivity contribution in [2.75, 3.05) is 0 Å². The molecule has 2 rings (SSSR count). The van der Waals surface area contributed by atoms with Gasteiger partial charge in [0, 0.05) is 18.0 Å². The molecule has 0 radical (unpaired) electrons. The molecule has 0 aliphatic rings. The minimum absolute atomic E-state index is 0.339. The normalized spacial score (nSPS) is 11.2. The van der Waals surface area contributed by atoms with Gasteiger partial charge in [0.15, 0.2) is 0 Å². The second kappa shape index (κ2) is 6.11. The number of carbonyl (C=O) groups is 1. The van der Waals surface area contributed by atoms with Crippen LogP contribution in [0.5, 0.6) is 0 Å². The Balaban J connectivity index is 2.11. The van der Waals surface area contributed by atoms with Crippen molar-refractivity contribution in [2.45, 2.75) is 6.92 Å². The number of amides is 1. The smallest absolute Gasteiger partial charge is 0.267 e. The van der Waals surface area contributed by atoms with Crippen LogP contribution in [0.1, 0.15) is 22.8 Å². The van der Waals surface area contributed by atoms with Crippen molar-refractivity contribution in [3.05, 3.63) is 64.9 Å². The highest BCUT2D eigenvalue weighted by Gasteiger charge is 2.08. The third-order valence-corrected chi connectivity index (χ3v) is 2.85. The van der Waals surface area contributed by atoms with Gasteiger partial charge in [0.25, 0.3) is 5.91 Å². The van der Waals surface area contributed by atoms with E-state index in [0.717, 1.165) is 5.56 Å². The van der Waals surface area contributed by atoms with Crippen LogP contribution in [0.3, 0.4) is 0 Å². The van der Waals surface area contributed by atoms with Crippen molar-refractivity contribution < 1.29 is 4.79 Å². The molecule has 2 aromatic rings. The van der Waals surface area contributed by atoms with Gasteiger partial charge in [0.05, 0.1) is 16.3 Å². The van der Waals surface area contributed by atoms with Crippen molar-refractivity contribution in [3.63, 3.8) is 0 Å². The van der Waals surface area contributed by atoms with E-state index in [-0.39, 0.29) is 5.91 Å². The first-order chi connectivity index (χ1) is 9.18. The van der Waals surface area contributed by atoms with Gasteiger partial charge in [0.1, 0.15) is 0 Å². The molecule has 0 fully saturated rings.